The number of fused-ring (bicyclic) bond motifs is 1. The highest BCUT2D eigenvalue weighted by atomic mass is 15.2. The van der Waals surface area contributed by atoms with Gasteiger partial charge in [0.15, 0.2) is 0 Å². The van der Waals surface area contributed by atoms with Crippen LogP contribution < -0.4 is 5.73 Å². The van der Waals surface area contributed by atoms with Crippen molar-refractivity contribution in [2.24, 2.45) is 11.7 Å². The molecule has 3 nitrogen and oxygen atoms in total. The van der Waals surface area contributed by atoms with Gasteiger partial charge in [-0.05, 0) is 63.5 Å². The van der Waals surface area contributed by atoms with E-state index >= 15 is 0 Å². The SMILES string of the molecule is CN(C)CC1CCN(C2Cc3ccccc3C2N)CC1. The highest BCUT2D eigenvalue weighted by Gasteiger charge is 2.35. The van der Waals surface area contributed by atoms with Gasteiger partial charge in [-0.3, -0.25) is 4.90 Å². The molecular formula is C17H27N3. The van der Waals surface area contributed by atoms with Gasteiger partial charge in [-0.2, -0.15) is 0 Å². The summed E-state index contributed by atoms with van der Waals surface area (Å²) in [4.78, 5) is 4.95. The summed E-state index contributed by atoms with van der Waals surface area (Å²) in [6.45, 7) is 3.65. The number of benzene rings is 1. The fourth-order valence-corrected chi connectivity index (χ4v) is 3.94. The summed E-state index contributed by atoms with van der Waals surface area (Å²) in [5.74, 6) is 0.862. The Morgan fingerprint density at radius 1 is 1.20 bits per heavy atom. The summed E-state index contributed by atoms with van der Waals surface area (Å²) in [5.41, 5.74) is 9.31. The van der Waals surface area contributed by atoms with Crippen molar-refractivity contribution in [1.82, 2.24) is 9.80 Å². The lowest BCUT2D eigenvalue weighted by Crippen LogP contribution is -2.46. The minimum atomic E-state index is 0.205. The van der Waals surface area contributed by atoms with Crippen molar-refractivity contribution in [2.45, 2.75) is 31.3 Å². The van der Waals surface area contributed by atoms with Crippen LogP contribution in [0.2, 0.25) is 0 Å². The number of piperidine rings is 1. The molecule has 0 spiro atoms. The Morgan fingerprint density at radius 3 is 2.55 bits per heavy atom. The molecule has 1 aromatic rings. The number of nitrogens with zero attached hydrogens (tertiary/aromatic N) is 2. The molecule has 3 heteroatoms. The molecule has 2 unspecified atom stereocenters. The Morgan fingerprint density at radius 2 is 1.90 bits per heavy atom. The molecule has 1 heterocycles. The molecule has 2 N–H and O–H groups in total. The van der Waals surface area contributed by atoms with Gasteiger partial charge in [-0.15, -0.1) is 0 Å². The lowest BCUT2D eigenvalue weighted by molar-refractivity contribution is 0.111. The van der Waals surface area contributed by atoms with Crippen LogP contribution in [0.1, 0.15) is 30.0 Å². The van der Waals surface area contributed by atoms with Crippen LogP contribution in [0.5, 0.6) is 0 Å². The molecule has 2 atom stereocenters. The molecule has 1 aromatic carbocycles. The lowest BCUT2D eigenvalue weighted by atomic mass is 9.94. The number of nitrogens with two attached hydrogens (primary N) is 1. The molecule has 0 aromatic heterocycles. The summed E-state index contributed by atoms with van der Waals surface area (Å²) >= 11 is 0. The average Bonchev–Trinajstić information content (AvgIpc) is 2.77. The van der Waals surface area contributed by atoms with Gasteiger partial charge in [0.1, 0.15) is 0 Å². The minimum Gasteiger partial charge on any atom is -0.323 e. The van der Waals surface area contributed by atoms with Gasteiger partial charge in [-0.25, -0.2) is 0 Å². The fraction of sp³-hybridized carbons (Fsp3) is 0.647. The van der Waals surface area contributed by atoms with E-state index in [4.69, 9.17) is 5.73 Å². The van der Waals surface area contributed by atoms with Crippen LogP contribution in [0, 0.1) is 5.92 Å². The molecule has 0 bridgehead atoms. The summed E-state index contributed by atoms with van der Waals surface area (Å²) in [6, 6.07) is 9.43. The highest BCUT2D eigenvalue weighted by Crippen LogP contribution is 2.34. The maximum absolute atomic E-state index is 6.49. The maximum atomic E-state index is 6.49. The van der Waals surface area contributed by atoms with Crippen LogP contribution >= 0.6 is 0 Å². The highest BCUT2D eigenvalue weighted by molar-refractivity contribution is 5.36. The molecule has 20 heavy (non-hydrogen) atoms. The summed E-state index contributed by atoms with van der Waals surface area (Å²) in [5, 5.41) is 0. The van der Waals surface area contributed by atoms with Gasteiger partial charge in [0.25, 0.3) is 0 Å². The van der Waals surface area contributed by atoms with E-state index in [2.05, 4.69) is 48.2 Å². The van der Waals surface area contributed by atoms with Crippen LogP contribution in [-0.4, -0.2) is 49.6 Å². The molecule has 1 fully saturated rings. The number of hydrogen-bond acceptors (Lipinski definition) is 3. The quantitative estimate of drug-likeness (QED) is 0.913. The standard InChI is InChI=1S/C17H27N3/c1-19(2)12-13-7-9-20(10-8-13)16-11-14-5-3-4-6-15(14)17(16)18/h3-6,13,16-17H,7-12,18H2,1-2H3. The van der Waals surface area contributed by atoms with Crippen molar-refractivity contribution in [2.75, 3.05) is 33.7 Å². The van der Waals surface area contributed by atoms with Crippen molar-refractivity contribution in [3.8, 4) is 0 Å². The van der Waals surface area contributed by atoms with Crippen LogP contribution in [0.25, 0.3) is 0 Å². The smallest absolute Gasteiger partial charge is 0.0459 e. The van der Waals surface area contributed by atoms with Gasteiger partial charge < -0.3 is 10.6 Å². The van der Waals surface area contributed by atoms with Crippen LogP contribution in [0.3, 0.4) is 0 Å². The molecule has 110 valence electrons. The van der Waals surface area contributed by atoms with E-state index in [1.807, 2.05) is 0 Å². The largest absolute Gasteiger partial charge is 0.323 e. The van der Waals surface area contributed by atoms with Gasteiger partial charge in [0, 0.05) is 18.6 Å². The molecule has 3 rings (SSSR count). The van der Waals surface area contributed by atoms with Gasteiger partial charge in [0.05, 0.1) is 0 Å². The first-order valence-corrected chi connectivity index (χ1v) is 7.87. The van der Waals surface area contributed by atoms with E-state index in [1.54, 1.807) is 0 Å². The van der Waals surface area contributed by atoms with Crippen LogP contribution in [0.15, 0.2) is 24.3 Å². The lowest BCUT2D eigenvalue weighted by Gasteiger charge is -2.38. The second-order valence-corrected chi connectivity index (χ2v) is 6.74. The summed E-state index contributed by atoms with van der Waals surface area (Å²) in [7, 11) is 4.35. The van der Waals surface area contributed by atoms with E-state index in [0.29, 0.717) is 6.04 Å². The average molecular weight is 273 g/mol. The van der Waals surface area contributed by atoms with Crippen LogP contribution in [0.4, 0.5) is 0 Å². The first kappa shape index (κ1) is 14.1. The maximum Gasteiger partial charge on any atom is 0.0459 e. The zero-order valence-corrected chi connectivity index (χ0v) is 12.8. The van der Waals surface area contributed by atoms with Gasteiger partial charge in [0.2, 0.25) is 0 Å². The second-order valence-electron chi connectivity index (χ2n) is 6.74. The Kier molecular flexibility index (Phi) is 4.11. The van der Waals surface area contributed by atoms with Crippen molar-refractivity contribution < 1.29 is 0 Å². The first-order chi connectivity index (χ1) is 9.65. The van der Waals surface area contributed by atoms with E-state index in [-0.39, 0.29) is 6.04 Å². The molecule has 1 saturated heterocycles. The predicted molar refractivity (Wildman–Crippen MR) is 83.7 cm³/mol. The Bertz CT molecular complexity index is 449. The molecule has 2 aliphatic rings. The second kappa shape index (κ2) is 5.84. The molecule has 0 radical (unpaired) electrons. The topological polar surface area (TPSA) is 32.5 Å². The monoisotopic (exact) mass is 273 g/mol. The summed E-state index contributed by atoms with van der Waals surface area (Å²) in [6.07, 6.45) is 3.77. The van der Waals surface area contributed by atoms with Gasteiger partial charge in [-0.1, -0.05) is 24.3 Å². The number of rotatable bonds is 3. The first-order valence-electron chi connectivity index (χ1n) is 7.87. The molecule has 0 amide bonds. The van der Waals surface area contributed by atoms with Crippen molar-refractivity contribution in [3.05, 3.63) is 35.4 Å². The predicted octanol–water partition coefficient (Wildman–Crippen LogP) is 1.88. The van der Waals surface area contributed by atoms with Crippen molar-refractivity contribution in [1.29, 1.82) is 0 Å². The van der Waals surface area contributed by atoms with E-state index < -0.39 is 0 Å². The van der Waals surface area contributed by atoms with Crippen LogP contribution in [-0.2, 0) is 6.42 Å². The molecule has 1 aliphatic carbocycles. The third-order valence-corrected chi connectivity index (χ3v) is 5.00. The normalized spacial score (nSPS) is 28.0. The minimum absolute atomic E-state index is 0.205. The zero-order valence-electron chi connectivity index (χ0n) is 12.8. The van der Waals surface area contributed by atoms with E-state index in [9.17, 15) is 0 Å². The fourth-order valence-electron chi connectivity index (χ4n) is 3.94. The Hall–Kier alpha value is -0.900. The molecule has 1 aliphatic heterocycles. The van der Waals surface area contributed by atoms with E-state index in [1.165, 1.54) is 43.6 Å². The zero-order chi connectivity index (χ0) is 14.1. The molecular weight excluding hydrogens is 246 g/mol. The van der Waals surface area contributed by atoms with E-state index in [0.717, 1.165) is 12.3 Å². The number of hydrogen-bond donors (Lipinski definition) is 1. The third-order valence-electron chi connectivity index (χ3n) is 5.00. The Labute approximate surface area is 122 Å². The third kappa shape index (κ3) is 2.76. The Balaban J connectivity index is 1.60. The molecule has 0 saturated carbocycles. The number of likely N-dealkylation sites (tertiary alicyclic amines) is 1. The van der Waals surface area contributed by atoms with Gasteiger partial charge >= 0.3 is 0 Å². The van der Waals surface area contributed by atoms with Crippen molar-refractivity contribution >= 4 is 0 Å². The summed E-state index contributed by atoms with van der Waals surface area (Å²) < 4.78 is 0. The van der Waals surface area contributed by atoms with Crippen molar-refractivity contribution in [3.63, 3.8) is 0 Å².